The normalized spacial score (nSPS) is 32.7. The lowest BCUT2D eigenvalue weighted by atomic mass is 9.41. The Balaban J connectivity index is 0.990. The molecule has 0 N–H and O–H groups in total. The largest absolute Gasteiger partial charge is 0.380 e. The first-order valence-electron chi connectivity index (χ1n) is 27.0. The van der Waals surface area contributed by atoms with E-state index in [9.17, 15) is 0 Å². The highest BCUT2D eigenvalue weighted by Crippen LogP contribution is 2.72. The molecule has 0 aromatic rings. The maximum absolute atomic E-state index is 6.68. The van der Waals surface area contributed by atoms with E-state index in [0.717, 1.165) is 87.8 Å². The Hall–Kier alpha value is -0.940. The number of likely N-dealkylation sites (tertiary alicyclic amines) is 1. The molecule has 1 heterocycles. The Bertz CT molecular complexity index is 1310. The van der Waals surface area contributed by atoms with Gasteiger partial charge in [-0.15, -0.1) is 0 Å². The van der Waals surface area contributed by atoms with Crippen LogP contribution in [0.5, 0.6) is 0 Å². The van der Waals surface area contributed by atoms with Crippen LogP contribution in [0.1, 0.15) is 215 Å². The third-order valence-corrected chi connectivity index (χ3v) is 17.9. The molecular formula is C57H101NO3. The standard InChI is InChI=1S/C57H101NO3/c1-9-10-11-12-13-14-15-16-17-18-19-20-21-22-23-24-40-60-45-51(44-58-39-35-50(43-58)59-8)61-41-26-29-48-32-36-55(5)49(42-48)33-37-57(7)53-31-30-52(47(4)28-25-27-46(2)3)56(53,6)38-34-54(55)57/h13-14,16-17,33,46-48,50-54H,9-12,15,18-32,34-45H2,1-8H3/b14-13-,17-16-/t47-,48+,50?,51?,52-,53-,54-,55+,56-,57+/m1/s1. The van der Waals surface area contributed by atoms with E-state index >= 15 is 0 Å². The second kappa shape index (κ2) is 26.3. The molecule has 4 fully saturated rings. The smallest absolute Gasteiger partial charge is 0.0934 e. The minimum atomic E-state index is 0.156. The van der Waals surface area contributed by atoms with Crippen molar-refractivity contribution in [2.45, 2.75) is 228 Å². The molecule has 5 rings (SSSR count). The predicted octanol–water partition coefficient (Wildman–Crippen LogP) is 15.8. The first-order valence-corrected chi connectivity index (χ1v) is 27.0. The van der Waals surface area contributed by atoms with Gasteiger partial charge in [-0.2, -0.15) is 0 Å². The molecule has 0 radical (unpaired) electrons. The molecule has 2 unspecified atom stereocenters. The molecule has 0 spiro atoms. The molecule has 352 valence electrons. The fourth-order valence-electron chi connectivity index (χ4n) is 14.3. The van der Waals surface area contributed by atoms with Crippen LogP contribution in [0.25, 0.3) is 0 Å². The van der Waals surface area contributed by atoms with Crippen LogP contribution in [0.15, 0.2) is 36.0 Å². The van der Waals surface area contributed by atoms with Crippen LogP contribution >= 0.6 is 0 Å². The van der Waals surface area contributed by atoms with Crippen molar-refractivity contribution >= 4 is 0 Å². The van der Waals surface area contributed by atoms with E-state index in [0.29, 0.717) is 22.3 Å². The average Bonchev–Trinajstić information content (AvgIpc) is 3.86. The average molecular weight is 848 g/mol. The maximum Gasteiger partial charge on any atom is 0.0934 e. The number of nitrogens with zero attached hydrogens (tertiary/aromatic N) is 1. The van der Waals surface area contributed by atoms with E-state index in [1.807, 2.05) is 12.7 Å². The number of rotatable bonds is 30. The van der Waals surface area contributed by atoms with E-state index in [4.69, 9.17) is 14.2 Å². The number of ether oxygens (including phenoxy) is 3. The first kappa shape index (κ1) is 51.1. The van der Waals surface area contributed by atoms with E-state index in [1.165, 1.54) is 154 Å². The van der Waals surface area contributed by atoms with Crippen molar-refractivity contribution in [1.29, 1.82) is 0 Å². The summed E-state index contributed by atoms with van der Waals surface area (Å²) in [5.74, 6) is 5.26. The Morgan fingerprint density at radius 3 is 2.25 bits per heavy atom. The van der Waals surface area contributed by atoms with Gasteiger partial charge in [0.2, 0.25) is 0 Å². The predicted molar refractivity (Wildman–Crippen MR) is 262 cm³/mol. The van der Waals surface area contributed by atoms with Gasteiger partial charge in [-0.3, -0.25) is 4.90 Å². The number of fused-ring (bicyclic) bond motifs is 5. The summed E-state index contributed by atoms with van der Waals surface area (Å²) in [5, 5.41) is 0. The number of hydrogen-bond donors (Lipinski definition) is 0. The molecule has 1 saturated heterocycles. The molecule has 4 aliphatic carbocycles. The van der Waals surface area contributed by atoms with Crippen LogP contribution in [0, 0.1) is 51.8 Å². The van der Waals surface area contributed by atoms with Crippen LogP contribution in [-0.2, 0) is 14.2 Å². The van der Waals surface area contributed by atoms with Gasteiger partial charge in [0, 0.05) is 40.0 Å². The molecule has 0 aromatic heterocycles. The Kier molecular flexibility index (Phi) is 22.0. The third-order valence-electron chi connectivity index (χ3n) is 17.9. The van der Waals surface area contributed by atoms with Crippen LogP contribution < -0.4 is 0 Å². The molecule has 61 heavy (non-hydrogen) atoms. The third kappa shape index (κ3) is 14.8. The summed E-state index contributed by atoms with van der Waals surface area (Å²) in [5.41, 5.74) is 3.30. The van der Waals surface area contributed by atoms with E-state index in [1.54, 1.807) is 0 Å². The molecule has 0 aromatic carbocycles. The molecule has 1 aliphatic heterocycles. The highest BCUT2D eigenvalue weighted by molar-refractivity contribution is 5.27. The number of allylic oxidation sites excluding steroid dienone is 6. The number of unbranched alkanes of at least 4 members (excludes halogenated alkanes) is 9. The summed E-state index contributed by atoms with van der Waals surface area (Å²) >= 11 is 0. The van der Waals surface area contributed by atoms with Crippen molar-refractivity contribution in [1.82, 2.24) is 4.90 Å². The van der Waals surface area contributed by atoms with Crippen molar-refractivity contribution in [2.75, 3.05) is 46.6 Å². The second-order valence-electron chi connectivity index (χ2n) is 22.8. The van der Waals surface area contributed by atoms with Crippen LogP contribution in [0.3, 0.4) is 0 Å². The topological polar surface area (TPSA) is 30.9 Å². The lowest BCUT2D eigenvalue weighted by Crippen LogP contribution is -2.56. The fraction of sp³-hybridized carbons (Fsp3) is 0.895. The zero-order valence-corrected chi connectivity index (χ0v) is 41.8. The molecule has 3 saturated carbocycles. The quantitative estimate of drug-likeness (QED) is 0.0532. The van der Waals surface area contributed by atoms with Gasteiger partial charge in [-0.05, 0) is 161 Å². The Labute approximate surface area is 379 Å². The minimum absolute atomic E-state index is 0.156. The second-order valence-corrected chi connectivity index (χ2v) is 22.8. The van der Waals surface area contributed by atoms with E-state index in [-0.39, 0.29) is 6.10 Å². The van der Waals surface area contributed by atoms with E-state index < -0.39 is 0 Å². The van der Waals surface area contributed by atoms with Gasteiger partial charge in [0.05, 0.1) is 18.8 Å². The highest BCUT2D eigenvalue weighted by Gasteiger charge is 2.63. The number of hydrogen-bond acceptors (Lipinski definition) is 4. The minimum Gasteiger partial charge on any atom is -0.380 e. The van der Waals surface area contributed by atoms with Crippen molar-refractivity contribution in [2.24, 2.45) is 51.8 Å². The van der Waals surface area contributed by atoms with Crippen LogP contribution in [0.2, 0.25) is 0 Å². The van der Waals surface area contributed by atoms with Crippen LogP contribution in [-0.4, -0.2) is 63.7 Å². The first-order chi connectivity index (χ1) is 29.5. The van der Waals surface area contributed by atoms with Gasteiger partial charge in [0.25, 0.3) is 0 Å². The van der Waals surface area contributed by atoms with Gasteiger partial charge >= 0.3 is 0 Å². The SMILES string of the molecule is CCCCC/C=C\C/C=C\CCCCCCCCOCC(CN1CCC(OC)C1)OCCC[C@H]1CC[C@@]2(C)C(=CC[C@@]3(C)[C@@H]4CC[C@H]([C@H](C)CCCC(C)C)[C@@]4(C)CC[C@@H]32)C1. The van der Waals surface area contributed by atoms with Crippen molar-refractivity contribution in [3.05, 3.63) is 36.0 Å². The van der Waals surface area contributed by atoms with Crippen molar-refractivity contribution in [3.63, 3.8) is 0 Å². The summed E-state index contributed by atoms with van der Waals surface area (Å²) in [6, 6.07) is 0. The summed E-state index contributed by atoms with van der Waals surface area (Å²) < 4.78 is 18.7. The molecule has 4 heteroatoms. The summed E-state index contributed by atoms with van der Waals surface area (Å²) in [6.45, 7) is 23.5. The van der Waals surface area contributed by atoms with Gasteiger partial charge in [0.1, 0.15) is 0 Å². The van der Waals surface area contributed by atoms with Crippen molar-refractivity contribution in [3.8, 4) is 0 Å². The number of methoxy groups -OCH3 is 1. The van der Waals surface area contributed by atoms with E-state index in [2.05, 4.69) is 83.7 Å². The molecule has 5 aliphatic rings. The molecule has 0 amide bonds. The van der Waals surface area contributed by atoms with Gasteiger partial charge < -0.3 is 14.2 Å². The molecule has 0 bridgehead atoms. The summed E-state index contributed by atoms with van der Waals surface area (Å²) in [6.07, 6.45) is 47.4. The Morgan fingerprint density at radius 1 is 0.754 bits per heavy atom. The monoisotopic (exact) mass is 848 g/mol. The Morgan fingerprint density at radius 2 is 1.51 bits per heavy atom. The van der Waals surface area contributed by atoms with Crippen molar-refractivity contribution < 1.29 is 14.2 Å². The van der Waals surface area contributed by atoms with Gasteiger partial charge in [0.15, 0.2) is 0 Å². The zero-order chi connectivity index (χ0) is 43.6. The summed E-state index contributed by atoms with van der Waals surface area (Å²) in [4.78, 5) is 2.54. The molecule has 10 atom stereocenters. The van der Waals surface area contributed by atoms with Gasteiger partial charge in [-0.25, -0.2) is 0 Å². The summed E-state index contributed by atoms with van der Waals surface area (Å²) in [7, 11) is 1.86. The van der Waals surface area contributed by atoms with Gasteiger partial charge in [-0.1, -0.05) is 142 Å². The lowest BCUT2D eigenvalue weighted by molar-refractivity contribution is -0.112. The maximum atomic E-state index is 6.68. The van der Waals surface area contributed by atoms with Crippen LogP contribution in [0.4, 0.5) is 0 Å². The zero-order valence-electron chi connectivity index (χ0n) is 41.8. The molecule has 4 nitrogen and oxygen atoms in total. The highest BCUT2D eigenvalue weighted by atomic mass is 16.5. The fourth-order valence-corrected chi connectivity index (χ4v) is 14.3. The molecular weight excluding hydrogens is 747 g/mol. The lowest BCUT2D eigenvalue weighted by Gasteiger charge is -2.63.